The fourth-order valence-corrected chi connectivity index (χ4v) is 3.32. The van der Waals surface area contributed by atoms with Crippen molar-refractivity contribution in [2.45, 2.75) is 33.6 Å². The Morgan fingerprint density at radius 3 is 2.61 bits per heavy atom. The van der Waals surface area contributed by atoms with E-state index in [1.807, 2.05) is 13.8 Å². The second kappa shape index (κ2) is 9.25. The van der Waals surface area contributed by atoms with Crippen LogP contribution in [0.3, 0.4) is 0 Å². The van der Waals surface area contributed by atoms with Crippen LogP contribution in [-0.4, -0.2) is 36.3 Å². The molecule has 1 aliphatic rings. The molecule has 0 N–H and O–H groups in total. The highest BCUT2D eigenvalue weighted by atomic mass is 16.6. The Labute approximate surface area is 163 Å². The molecule has 0 aromatic heterocycles. The third kappa shape index (κ3) is 4.62. The van der Waals surface area contributed by atoms with Gasteiger partial charge in [-0.05, 0) is 19.8 Å². The lowest BCUT2D eigenvalue weighted by atomic mass is 9.75. The van der Waals surface area contributed by atoms with Gasteiger partial charge in [-0.15, -0.1) is 0 Å². The van der Waals surface area contributed by atoms with Crippen molar-refractivity contribution in [2.24, 2.45) is 16.8 Å². The van der Waals surface area contributed by atoms with Crippen LogP contribution in [0.15, 0.2) is 40.5 Å². The topological polar surface area (TPSA) is 108 Å². The summed E-state index contributed by atoms with van der Waals surface area (Å²) in [5.41, 5.74) is 1.57. The van der Waals surface area contributed by atoms with Gasteiger partial charge in [-0.2, -0.15) is 0 Å². The van der Waals surface area contributed by atoms with Gasteiger partial charge in [0.2, 0.25) is 0 Å². The number of carbonyl (C=O) groups is 2. The molecule has 0 saturated carbocycles. The molecule has 0 fully saturated rings. The predicted molar refractivity (Wildman–Crippen MR) is 103 cm³/mol. The number of benzene rings is 1. The Morgan fingerprint density at radius 1 is 1.32 bits per heavy atom. The van der Waals surface area contributed by atoms with Crippen molar-refractivity contribution in [3.05, 3.63) is 51.2 Å². The zero-order valence-electron chi connectivity index (χ0n) is 16.4. The SMILES string of the molecule is CC1=NC(C)=C(C(=O)OCC(C)C)C(c2ccccc2[N+](=O)[O-])C1COC=O. The number of ether oxygens (including phenoxy) is 2. The van der Waals surface area contributed by atoms with Gasteiger partial charge >= 0.3 is 5.97 Å². The van der Waals surface area contributed by atoms with Crippen LogP contribution < -0.4 is 0 Å². The Morgan fingerprint density at radius 2 is 2.00 bits per heavy atom. The van der Waals surface area contributed by atoms with Crippen LogP contribution in [0, 0.1) is 22.0 Å². The van der Waals surface area contributed by atoms with E-state index in [1.54, 1.807) is 32.0 Å². The molecule has 0 spiro atoms. The Kier molecular flexibility index (Phi) is 7.03. The third-order valence-electron chi connectivity index (χ3n) is 4.56. The average molecular weight is 388 g/mol. The minimum absolute atomic E-state index is 0.0518. The van der Waals surface area contributed by atoms with E-state index in [-0.39, 0.29) is 30.4 Å². The summed E-state index contributed by atoms with van der Waals surface area (Å²) in [7, 11) is 0. The maximum atomic E-state index is 12.9. The highest BCUT2D eigenvalue weighted by molar-refractivity contribution is 5.97. The molecular formula is C20H24N2O6. The smallest absolute Gasteiger partial charge is 0.336 e. The summed E-state index contributed by atoms with van der Waals surface area (Å²) >= 11 is 0. The second-order valence-electron chi connectivity index (χ2n) is 7.07. The predicted octanol–water partition coefficient (Wildman–Crippen LogP) is 3.42. The zero-order valence-corrected chi connectivity index (χ0v) is 16.4. The maximum absolute atomic E-state index is 12.9. The minimum Gasteiger partial charge on any atom is -0.467 e. The first-order chi connectivity index (χ1) is 13.3. The fraction of sp³-hybridized carbons (Fsp3) is 0.450. The molecule has 1 aromatic carbocycles. The van der Waals surface area contributed by atoms with Gasteiger partial charge in [0.05, 0.1) is 23.7 Å². The second-order valence-corrected chi connectivity index (χ2v) is 7.07. The highest BCUT2D eigenvalue weighted by Gasteiger charge is 2.41. The highest BCUT2D eigenvalue weighted by Crippen LogP contribution is 2.42. The molecule has 150 valence electrons. The normalized spacial score (nSPS) is 19.2. The number of carbonyl (C=O) groups excluding carboxylic acids is 2. The van der Waals surface area contributed by atoms with Crippen LogP contribution in [0.4, 0.5) is 5.69 Å². The third-order valence-corrected chi connectivity index (χ3v) is 4.56. The number of rotatable bonds is 8. The minimum atomic E-state index is -0.710. The van der Waals surface area contributed by atoms with Gasteiger partial charge in [0.15, 0.2) is 0 Å². The van der Waals surface area contributed by atoms with Crippen LogP contribution >= 0.6 is 0 Å². The van der Waals surface area contributed by atoms with Gasteiger partial charge in [0.1, 0.15) is 0 Å². The molecule has 8 nitrogen and oxygen atoms in total. The van der Waals surface area contributed by atoms with Gasteiger partial charge in [-0.25, -0.2) is 4.79 Å². The van der Waals surface area contributed by atoms with E-state index in [9.17, 15) is 19.7 Å². The molecule has 1 aromatic rings. The first-order valence-electron chi connectivity index (χ1n) is 8.99. The summed E-state index contributed by atoms with van der Waals surface area (Å²) in [5, 5.41) is 11.6. The summed E-state index contributed by atoms with van der Waals surface area (Å²) in [6.07, 6.45) is 0. The molecule has 0 saturated heterocycles. The van der Waals surface area contributed by atoms with Crippen molar-refractivity contribution in [1.82, 2.24) is 0 Å². The summed E-state index contributed by atoms with van der Waals surface area (Å²) in [5.74, 6) is -1.66. The Hall–Kier alpha value is -3.03. The molecule has 2 atom stereocenters. The average Bonchev–Trinajstić information content (AvgIpc) is 2.64. The van der Waals surface area contributed by atoms with Crippen molar-refractivity contribution >= 4 is 23.8 Å². The van der Waals surface area contributed by atoms with E-state index < -0.39 is 22.7 Å². The molecule has 0 amide bonds. The molecule has 1 aliphatic heterocycles. The van der Waals surface area contributed by atoms with Crippen LogP contribution in [0.5, 0.6) is 0 Å². The van der Waals surface area contributed by atoms with E-state index in [1.165, 1.54) is 6.07 Å². The van der Waals surface area contributed by atoms with Gasteiger partial charge in [0, 0.05) is 34.9 Å². The number of aliphatic imine (C=N–C) groups is 1. The molecular weight excluding hydrogens is 364 g/mol. The van der Waals surface area contributed by atoms with Crippen LogP contribution in [0.2, 0.25) is 0 Å². The number of esters is 1. The molecule has 1 heterocycles. The van der Waals surface area contributed by atoms with E-state index in [2.05, 4.69) is 4.99 Å². The molecule has 28 heavy (non-hydrogen) atoms. The Balaban J connectivity index is 2.61. The molecule has 2 unspecified atom stereocenters. The first-order valence-corrected chi connectivity index (χ1v) is 8.99. The Bertz CT molecular complexity index is 828. The van der Waals surface area contributed by atoms with Crippen molar-refractivity contribution in [2.75, 3.05) is 13.2 Å². The van der Waals surface area contributed by atoms with Crippen LogP contribution in [0.1, 0.15) is 39.2 Å². The van der Waals surface area contributed by atoms with Crippen molar-refractivity contribution in [3.8, 4) is 0 Å². The van der Waals surface area contributed by atoms with Crippen molar-refractivity contribution in [1.29, 1.82) is 0 Å². The molecule has 8 heteroatoms. The monoisotopic (exact) mass is 388 g/mol. The lowest BCUT2D eigenvalue weighted by Gasteiger charge is -2.32. The first kappa shape index (κ1) is 21.3. The van der Waals surface area contributed by atoms with Gasteiger partial charge < -0.3 is 9.47 Å². The number of para-hydroxylation sites is 1. The summed E-state index contributed by atoms with van der Waals surface area (Å²) in [4.78, 5) is 39.2. The van der Waals surface area contributed by atoms with E-state index in [4.69, 9.17) is 9.47 Å². The summed E-state index contributed by atoms with van der Waals surface area (Å²) in [6, 6.07) is 6.24. The summed E-state index contributed by atoms with van der Waals surface area (Å²) in [6.45, 7) is 7.73. The van der Waals surface area contributed by atoms with E-state index in [0.717, 1.165) is 0 Å². The molecule has 0 radical (unpaired) electrons. The molecule has 0 aliphatic carbocycles. The van der Waals surface area contributed by atoms with Gasteiger partial charge in [0.25, 0.3) is 12.2 Å². The number of hydrogen-bond donors (Lipinski definition) is 0. The molecule has 2 rings (SSSR count). The number of allylic oxidation sites excluding steroid dienone is 1. The molecule has 0 bridgehead atoms. The number of nitro benzene ring substituents is 1. The lowest BCUT2D eigenvalue weighted by Crippen LogP contribution is -2.33. The van der Waals surface area contributed by atoms with Crippen molar-refractivity contribution in [3.63, 3.8) is 0 Å². The standard InChI is InChI=1S/C20H24N2O6/c1-12(2)9-28-20(24)18-14(4)21-13(3)16(10-27-11-23)19(18)15-7-5-6-8-17(15)22(25)26/h5-8,11-12,16,19H,9-10H2,1-4H3. The van der Waals surface area contributed by atoms with Gasteiger partial charge in [-0.3, -0.25) is 19.9 Å². The van der Waals surface area contributed by atoms with E-state index in [0.29, 0.717) is 23.4 Å². The number of nitrogens with zero attached hydrogens (tertiary/aromatic N) is 2. The van der Waals surface area contributed by atoms with Crippen LogP contribution in [0.25, 0.3) is 0 Å². The van der Waals surface area contributed by atoms with E-state index >= 15 is 0 Å². The number of hydrogen-bond acceptors (Lipinski definition) is 7. The maximum Gasteiger partial charge on any atom is 0.336 e. The largest absolute Gasteiger partial charge is 0.467 e. The quantitative estimate of drug-likeness (QED) is 0.292. The van der Waals surface area contributed by atoms with Crippen molar-refractivity contribution < 1.29 is 24.0 Å². The fourth-order valence-electron chi connectivity index (χ4n) is 3.32. The number of nitro groups is 1. The summed E-state index contributed by atoms with van der Waals surface area (Å²) < 4.78 is 10.4. The lowest BCUT2D eigenvalue weighted by molar-refractivity contribution is -0.385. The van der Waals surface area contributed by atoms with Gasteiger partial charge in [-0.1, -0.05) is 32.0 Å². The van der Waals surface area contributed by atoms with Crippen LogP contribution in [-0.2, 0) is 19.1 Å². The zero-order chi connectivity index (χ0) is 20.8.